The number of nitrogens with zero attached hydrogens (tertiary/aromatic N) is 3. The molecule has 2 aromatic carbocycles. The number of oxime groups is 1. The Labute approximate surface area is 294 Å². The highest BCUT2D eigenvalue weighted by atomic mass is 35.5. The number of ether oxygens (including phenoxy) is 1. The van der Waals surface area contributed by atoms with Gasteiger partial charge >= 0.3 is 0 Å². The van der Waals surface area contributed by atoms with Crippen molar-refractivity contribution >= 4 is 40.0 Å². The number of amidine groups is 1. The number of halogens is 1. The molecule has 7 atom stereocenters. The van der Waals surface area contributed by atoms with Crippen molar-refractivity contribution < 1.29 is 18.9 Å². The first-order chi connectivity index (χ1) is 23.2. The molecule has 1 aliphatic carbocycles. The summed E-state index contributed by atoms with van der Waals surface area (Å²) in [5.74, 6) is 3.04. The molecule has 0 aromatic heterocycles. The molecule has 4 aliphatic rings. The highest BCUT2D eigenvalue weighted by Crippen LogP contribution is 2.46. The maximum absolute atomic E-state index is 13.5. The normalized spacial score (nSPS) is 30.1. The number of hydrogen-bond acceptors (Lipinski definition) is 6. The zero-order valence-corrected chi connectivity index (χ0v) is 30.4. The minimum absolute atomic E-state index is 0.131. The molecular formula is C38H53ClN4O4S. The van der Waals surface area contributed by atoms with Crippen molar-refractivity contribution in [3.8, 4) is 5.75 Å². The molecule has 3 aliphatic heterocycles. The summed E-state index contributed by atoms with van der Waals surface area (Å²) in [4.78, 5) is 18.2. The second-order valence-corrected chi connectivity index (χ2v) is 16.7. The minimum atomic E-state index is -1.51. The third-order valence-corrected chi connectivity index (χ3v) is 13.4. The maximum atomic E-state index is 13.5. The van der Waals surface area contributed by atoms with Gasteiger partial charge in [-0.1, -0.05) is 49.5 Å². The van der Waals surface area contributed by atoms with Crippen LogP contribution in [0, 0.1) is 23.7 Å². The number of hydrogen-bond donors (Lipinski definition) is 2. The Morgan fingerprint density at radius 3 is 2.60 bits per heavy atom. The molecule has 2 N–H and O–H groups in total. The van der Waals surface area contributed by atoms with Crippen LogP contribution in [0.15, 0.2) is 41.6 Å². The number of carbonyl (C=O) groups excluding carboxylic acids is 1. The first-order valence-corrected chi connectivity index (χ1v) is 19.8. The van der Waals surface area contributed by atoms with Crippen LogP contribution in [0.25, 0.3) is 0 Å². The predicted molar refractivity (Wildman–Crippen MR) is 195 cm³/mol. The van der Waals surface area contributed by atoms with E-state index in [0.717, 1.165) is 106 Å². The van der Waals surface area contributed by atoms with Gasteiger partial charge in [0.25, 0.3) is 5.91 Å². The molecule has 1 saturated heterocycles. The Bertz CT molecular complexity index is 1500. The second kappa shape index (κ2) is 15.8. The number of amides is 1. The number of aryl methyl sites for hydroxylation is 1. The Morgan fingerprint density at radius 2 is 1.88 bits per heavy atom. The Balaban J connectivity index is 1.35. The van der Waals surface area contributed by atoms with E-state index in [4.69, 9.17) is 16.3 Å². The highest BCUT2D eigenvalue weighted by molar-refractivity contribution is 7.84. The van der Waals surface area contributed by atoms with Crippen molar-refractivity contribution in [3.05, 3.63) is 58.1 Å². The van der Waals surface area contributed by atoms with Crippen LogP contribution in [0.2, 0.25) is 5.02 Å². The van der Waals surface area contributed by atoms with Crippen molar-refractivity contribution in [1.29, 1.82) is 0 Å². The molecule has 2 aromatic rings. The van der Waals surface area contributed by atoms with E-state index in [1.807, 2.05) is 25.1 Å². The lowest BCUT2D eigenvalue weighted by atomic mass is 9.64. The van der Waals surface area contributed by atoms with Gasteiger partial charge in [-0.2, -0.15) is 0 Å². The maximum Gasteiger partial charge on any atom is 0.263 e. The molecule has 0 spiro atoms. The zero-order chi connectivity index (χ0) is 33.8. The van der Waals surface area contributed by atoms with Gasteiger partial charge in [-0.15, -0.1) is 0 Å². The average Bonchev–Trinajstić information content (AvgIpc) is 3.54. The third kappa shape index (κ3) is 7.83. The lowest BCUT2D eigenvalue weighted by Gasteiger charge is -2.45. The minimum Gasteiger partial charge on any atom is -0.491 e. The standard InChI is InChI=1S/C38H53ClN4O4S/c1-4-8-27-19-32(39)13-15-34(27)31-23-43-22-30-11-14-33(30)28(21-37(40-45)42-17-5-6-18-42)10-7-9-25(2)26(3)48(46)41-38(44)29-12-16-36(47-24-31)35(43)20-29/h12-13,15-16,19-20,25-26,28,30-31,33,45H,4-11,14,17-18,21-24H2,1-3H3,(H,41,44)/b40-37+. The number of nitrogens with one attached hydrogen (secondary N) is 1. The number of rotatable bonds is 5. The van der Waals surface area contributed by atoms with Crippen LogP contribution in [0.5, 0.6) is 5.75 Å². The molecule has 1 amide bonds. The number of anilines is 1. The van der Waals surface area contributed by atoms with Gasteiger partial charge in [-0.05, 0) is 117 Å². The van der Waals surface area contributed by atoms with E-state index in [2.05, 4.69) is 45.7 Å². The smallest absolute Gasteiger partial charge is 0.263 e. The highest BCUT2D eigenvalue weighted by Gasteiger charge is 2.40. The average molecular weight is 697 g/mol. The molecular weight excluding hydrogens is 644 g/mol. The number of likely N-dealkylation sites (tertiary alicyclic amines) is 1. The number of benzene rings is 2. The summed E-state index contributed by atoms with van der Waals surface area (Å²) >= 11 is 6.47. The topological polar surface area (TPSA) is 94.5 Å². The van der Waals surface area contributed by atoms with Crippen molar-refractivity contribution in [2.24, 2.45) is 28.8 Å². The summed E-state index contributed by atoms with van der Waals surface area (Å²) in [6.45, 7) is 10.4. The summed E-state index contributed by atoms with van der Waals surface area (Å²) in [5, 5.41) is 14.6. The Hall–Kier alpha value is -2.78. The van der Waals surface area contributed by atoms with Gasteiger partial charge in [-0.25, -0.2) is 4.21 Å². The zero-order valence-electron chi connectivity index (χ0n) is 28.8. The molecule has 8 nitrogen and oxygen atoms in total. The van der Waals surface area contributed by atoms with E-state index < -0.39 is 11.0 Å². The Morgan fingerprint density at radius 1 is 1.06 bits per heavy atom. The monoisotopic (exact) mass is 696 g/mol. The van der Waals surface area contributed by atoms with Crippen LogP contribution in [-0.2, 0) is 17.4 Å². The largest absolute Gasteiger partial charge is 0.491 e. The molecule has 1 saturated carbocycles. The molecule has 7 unspecified atom stereocenters. The lowest BCUT2D eigenvalue weighted by Crippen LogP contribution is -2.44. The molecule has 2 fully saturated rings. The molecule has 262 valence electrons. The fraction of sp³-hybridized carbons (Fsp3) is 0.632. The van der Waals surface area contributed by atoms with Gasteiger partial charge in [0.2, 0.25) is 0 Å². The first-order valence-electron chi connectivity index (χ1n) is 18.2. The SMILES string of the molecule is CCCc1cc(Cl)ccc1C1COc2ccc3cc2N(C1)CC1CCC1C(C/C(=N\O)N1CCCC1)CCCC(C)C(C)S(=O)NC3=O. The van der Waals surface area contributed by atoms with E-state index in [9.17, 15) is 14.2 Å². The predicted octanol–water partition coefficient (Wildman–Crippen LogP) is 7.79. The van der Waals surface area contributed by atoms with E-state index in [0.29, 0.717) is 29.9 Å². The first kappa shape index (κ1) is 35.1. The fourth-order valence-electron chi connectivity index (χ4n) is 8.48. The fourth-order valence-corrected chi connectivity index (χ4v) is 9.72. The second-order valence-electron chi connectivity index (χ2n) is 14.7. The van der Waals surface area contributed by atoms with E-state index in [1.165, 1.54) is 17.5 Å². The molecule has 6 rings (SSSR count). The third-order valence-electron chi connectivity index (χ3n) is 11.6. The summed E-state index contributed by atoms with van der Waals surface area (Å²) in [7, 11) is -1.51. The van der Waals surface area contributed by atoms with Crippen molar-refractivity contribution in [1.82, 2.24) is 9.62 Å². The molecule has 2 bridgehead atoms. The number of fused-ring (bicyclic) bond motifs is 2. The van der Waals surface area contributed by atoms with Gasteiger partial charge in [0.15, 0.2) is 0 Å². The summed E-state index contributed by atoms with van der Waals surface area (Å²) in [6, 6.07) is 11.9. The lowest BCUT2D eigenvalue weighted by molar-refractivity contribution is 0.0981. The van der Waals surface area contributed by atoms with Crippen molar-refractivity contribution in [3.63, 3.8) is 0 Å². The summed E-state index contributed by atoms with van der Waals surface area (Å²) in [5.41, 5.74) is 3.96. The van der Waals surface area contributed by atoms with Crippen molar-refractivity contribution in [2.45, 2.75) is 96.1 Å². The van der Waals surface area contributed by atoms with E-state index >= 15 is 0 Å². The molecule has 10 heteroatoms. The van der Waals surface area contributed by atoms with Crippen LogP contribution in [0.1, 0.15) is 106 Å². The Kier molecular flexibility index (Phi) is 11.6. The van der Waals surface area contributed by atoms with Gasteiger partial charge in [-0.3, -0.25) is 9.52 Å². The summed E-state index contributed by atoms with van der Waals surface area (Å²) < 4.78 is 22.7. The van der Waals surface area contributed by atoms with Gasteiger partial charge in [0.1, 0.15) is 22.6 Å². The van der Waals surface area contributed by atoms with Gasteiger partial charge < -0.3 is 19.7 Å². The molecule has 3 heterocycles. The van der Waals surface area contributed by atoms with E-state index in [1.54, 1.807) is 6.07 Å². The van der Waals surface area contributed by atoms with Crippen LogP contribution < -0.4 is 14.4 Å². The van der Waals surface area contributed by atoms with Gasteiger partial charge in [0.05, 0.1) is 17.5 Å². The van der Waals surface area contributed by atoms with Crippen LogP contribution in [0.3, 0.4) is 0 Å². The van der Waals surface area contributed by atoms with E-state index in [-0.39, 0.29) is 23.0 Å². The van der Waals surface area contributed by atoms with Crippen molar-refractivity contribution in [2.75, 3.05) is 37.7 Å². The van der Waals surface area contributed by atoms with Crippen LogP contribution in [0.4, 0.5) is 5.69 Å². The van der Waals surface area contributed by atoms with Gasteiger partial charge in [0, 0.05) is 49.1 Å². The molecule has 48 heavy (non-hydrogen) atoms. The molecule has 0 radical (unpaired) electrons. The van der Waals surface area contributed by atoms with Crippen LogP contribution in [-0.4, -0.2) is 64.1 Å². The quantitative estimate of drug-likeness (QED) is 0.144. The summed E-state index contributed by atoms with van der Waals surface area (Å²) in [6.07, 6.45) is 10.4. The van der Waals surface area contributed by atoms with Crippen LogP contribution >= 0.6 is 11.6 Å². The number of carbonyl (C=O) groups is 1.